The molecule has 0 aliphatic heterocycles. The van der Waals surface area contributed by atoms with E-state index in [2.05, 4.69) is 10.6 Å². The van der Waals surface area contributed by atoms with Gasteiger partial charge in [0.1, 0.15) is 11.6 Å². The van der Waals surface area contributed by atoms with Crippen molar-refractivity contribution in [1.82, 2.24) is 0 Å². The Morgan fingerprint density at radius 1 is 0.864 bits per heavy atom. The van der Waals surface area contributed by atoms with Crippen molar-refractivity contribution in [3.8, 4) is 0 Å². The monoisotopic (exact) mass is 316 g/mol. The van der Waals surface area contributed by atoms with E-state index in [0.29, 0.717) is 12.1 Å². The van der Waals surface area contributed by atoms with Gasteiger partial charge in [0.25, 0.3) is 0 Å². The molecule has 116 valence electrons. The first-order valence-electron chi connectivity index (χ1n) is 5.95. The Labute approximate surface area is 121 Å². The minimum Gasteiger partial charge on any atom is -0.308 e. The van der Waals surface area contributed by atoms with Crippen molar-refractivity contribution in [1.29, 1.82) is 0 Å². The molecule has 2 amide bonds. The first kappa shape index (κ1) is 15.7. The second-order valence-electron chi connectivity index (χ2n) is 4.32. The fourth-order valence-electron chi connectivity index (χ4n) is 1.69. The summed E-state index contributed by atoms with van der Waals surface area (Å²) in [5.74, 6) is -1.74. The maximum absolute atomic E-state index is 13.2. The molecule has 0 aliphatic carbocycles. The van der Waals surface area contributed by atoms with E-state index in [9.17, 15) is 26.7 Å². The first-order chi connectivity index (χ1) is 10.2. The van der Waals surface area contributed by atoms with Gasteiger partial charge >= 0.3 is 12.2 Å². The van der Waals surface area contributed by atoms with E-state index in [1.807, 2.05) is 0 Å². The molecule has 0 bridgehead atoms. The Bertz CT molecular complexity index is 700. The van der Waals surface area contributed by atoms with Crippen LogP contribution in [0.25, 0.3) is 0 Å². The van der Waals surface area contributed by atoms with Gasteiger partial charge in [-0.25, -0.2) is 13.6 Å². The molecule has 2 N–H and O–H groups in total. The Balaban J connectivity index is 2.13. The molecule has 2 rings (SSSR count). The minimum absolute atomic E-state index is 0.102. The smallest absolute Gasteiger partial charge is 0.308 e. The van der Waals surface area contributed by atoms with Gasteiger partial charge in [-0.1, -0.05) is 6.07 Å². The van der Waals surface area contributed by atoms with Gasteiger partial charge in [0.15, 0.2) is 0 Å². The Hall–Kier alpha value is -2.64. The molecule has 0 radical (unpaired) electrons. The standard InChI is InChI=1S/C14H9F5N2O/c15-9-2-1-3-11(6-9)20-13(22)21-12-5-8(14(17,18)19)4-10(16)7-12/h1-7H,(H2,20,21,22). The summed E-state index contributed by atoms with van der Waals surface area (Å²) in [6.07, 6.45) is -4.74. The van der Waals surface area contributed by atoms with Crippen LogP contribution in [0.1, 0.15) is 5.56 Å². The normalized spacial score (nSPS) is 11.1. The van der Waals surface area contributed by atoms with Crippen LogP contribution in [0.4, 0.5) is 38.1 Å². The maximum Gasteiger partial charge on any atom is 0.416 e. The van der Waals surface area contributed by atoms with Crippen molar-refractivity contribution in [2.75, 3.05) is 10.6 Å². The van der Waals surface area contributed by atoms with Crippen LogP contribution in [-0.2, 0) is 6.18 Å². The van der Waals surface area contributed by atoms with E-state index in [4.69, 9.17) is 0 Å². The van der Waals surface area contributed by atoms with E-state index in [1.54, 1.807) is 0 Å². The molecule has 8 heteroatoms. The number of benzene rings is 2. The molecule has 0 aliphatic rings. The van der Waals surface area contributed by atoms with Crippen LogP contribution in [0.5, 0.6) is 0 Å². The quantitative estimate of drug-likeness (QED) is 0.779. The van der Waals surface area contributed by atoms with E-state index in [0.717, 1.165) is 18.2 Å². The predicted octanol–water partition coefficient (Wildman–Crippen LogP) is 4.63. The van der Waals surface area contributed by atoms with E-state index < -0.39 is 29.4 Å². The molecule has 0 spiro atoms. The fraction of sp³-hybridized carbons (Fsp3) is 0.0714. The maximum atomic E-state index is 13.2. The number of carbonyl (C=O) groups is 1. The number of carbonyl (C=O) groups excluding carboxylic acids is 1. The van der Waals surface area contributed by atoms with Crippen molar-refractivity contribution >= 4 is 17.4 Å². The van der Waals surface area contributed by atoms with Gasteiger partial charge in [-0.3, -0.25) is 0 Å². The molecule has 0 unspecified atom stereocenters. The van der Waals surface area contributed by atoms with Crippen LogP contribution >= 0.6 is 0 Å². The van der Waals surface area contributed by atoms with Crippen molar-refractivity contribution in [3.63, 3.8) is 0 Å². The molecule has 0 heterocycles. The van der Waals surface area contributed by atoms with Gasteiger partial charge < -0.3 is 10.6 Å². The highest BCUT2D eigenvalue weighted by atomic mass is 19.4. The van der Waals surface area contributed by atoms with E-state index >= 15 is 0 Å². The number of halogens is 5. The largest absolute Gasteiger partial charge is 0.416 e. The summed E-state index contributed by atoms with van der Waals surface area (Å²) in [4.78, 5) is 11.6. The molecule has 0 atom stereocenters. The average molecular weight is 316 g/mol. The van der Waals surface area contributed by atoms with Crippen molar-refractivity contribution in [3.05, 3.63) is 59.7 Å². The van der Waals surface area contributed by atoms with Gasteiger partial charge in [0.05, 0.1) is 5.56 Å². The Kier molecular flexibility index (Phi) is 4.30. The van der Waals surface area contributed by atoms with Gasteiger partial charge in [-0.15, -0.1) is 0 Å². The minimum atomic E-state index is -4.74. The third-order valence-corrected chi connectivity index (χ3v) is 2.57. The second-order valence-corrected chi connectivity index (χ2v) is 4.32. The molecule has 0 aromatic heterocycles. The predicted molar refractivity (Wildman–Crippen MR) is 70.4 cm³/mol. The van der Waals surface area contributed by atoms with E-state index in [-0.39, 0.29) is 11.4 Å². The SMILES string of the molecule is O=C(Nc1cccc(F)c1)Nc1cc(F)cc(C(F)(F)F)c1. The highest BCUT2D eigenvalue weighted by Crippen LogP contribution is 2.31. The third-order valence-electron chi connectivity index (χ3n) is 2.57. The summed E-state index contributed by atoms with van der Waals surface area (Å²) in [6, 6.07) is 5.62. The number of rotatable bonds is 2. The number of anilines is 2. The lowest BCUT2D eigenvalue weighted by Crippen LogP contribution is -2.20. The summed E-state index contributed by atoms with van der Waals surface area (Å²) in [5.41, 5.74) is -1.50. The van der Waals surface area contributed by atoms with Crippen LogP contribution in [0.2, 0.25) is 0 Å². The highest BCUT2D eigenvalue weighted by Gasteiger charge is 2.31. The van der Waals surface area contributed by atoms with Crippen LogP contribution in [-0.4, -0.2) is 6.03 Å². The van der Waals surface area contributed by atoms with Crippen LogP contribution in [0.15, 0.2) is 42.5 Å². The number of hydrogen-bond donors (Lipinski definition) is 2. The Morgan fingerprint density at radius 2 is 1.50 bits per heavy atom. The van der Waals surface area contributed by atoms with Crippen molar-refractivity contribution in [2.24, 2.45) is 0 Å². The summed E-state index contributed by atoms with van der Waals surface area (Å²) in [6.45, 7) is 0. The lowest BCUT2D eigenvalue weighted by atomic mass is 10.2. The summed E-state index contributed by atoms with van der Waals surface area (Å²) < 4.78 is 63.7. The number of nitrogens with one attached hydrogen (secondary N) is 2. The van der Waals surface area contributed by atoms with Crippen LogP contribution in [0, 0.1) is 11.6 Å². The highest BCUT2D eigenvalue weighted by molar-refractivity contribution is 5.99. The molecule has 2 aromatic rings. The molecular formula is C14H9F5N2O. The number of alkyl halides is 3. The zero-order valence-electron chi connectivity index (χ0n) is 10.8. The average Bonchev–Trinajstić information content (AvgIpc) is 2.36. The van der Waals surface area contributed by atoms with Gasteiger partial charge in [0, 0.05) is 11.4 Å². The topological polar surface area (TPSA) is 41.1 Å². The van der Waals surface area contributed by atoms with E-state index in [1.165, 1.54) is 12.1 Å². The summed E-state index contributed by atoms with van der Waals surface area (Å²) in [7, 11) is 0. The molecule has 0 fully saturated rings. The zero-order chi connectivity index (χ0) is 16.3. The lowest BCUT2D eigenvalue weighted by Gasteiger charge is -2.11. The van der Waals surface area contributed by atoms with Gasteiger partial charge in [0.2, 0.25) is 0 Å². The molecule has 0 saturated carbocycles. The molecule has 0 saturated heterocycles. The molecular weight excluding hydrogens is 307 g/mol. The van der Waals surface area contributed by atoms with Crippen molar-refractivity contribution < 1.29 is 26.7 Å². The number of urea groups is 1. The van der Waals surface area contributed by atoms with Crippen LogP contribution < -0.4 is 10.6 Å². The molecule has 2 aromatic carbocycles. The number of amides is 2. The lowest BCUT2D eigenvalue weighted by molar-refractivity contribution is -0.137. The van der Waals surface area contributed by atoms with Crippen molar-refractivity contribution in [2.45, 2.75) is 6.18 Å². The third kappa shape index (κ3) is 4.18. The van der Waals surface area contributed by atoms with Gasteiger partial charge in [-0.2, -0.15) is 13.2 Å². The zero-order valence-corrected chi connectivity index (χ0v) is 10.8. The summed E-state index contributed by atoms with van der Waals surface area (Å²) >= 11 is 0. The van der Waals surface area contributed by atoms with Gasteiger partial charge in [-0.05, 0) is 36.4 Å². The fourth-order valence-corrected chi connectivity index (χ4v) is 1.69. The van der Waals surface area contributed by atoms with Crippen LogP contribution in [0.3, 0.4) is 0 Å². The molecule has 22 heavy (non-hydrogen) atoms. The number of hydrogen-bond acceptors (Lipinski definition) is 1. The second kappa shape index (κ2) is 6.00. The Morgan fingerprint density at radius 3 is 2.14 bits per heavy atom. The first-order valence-corrected chi connectivity index (χ1v) is 5.95. The summed E-state index contributed by atoms with van der Waals surface area (Å²) in [5, 5.41) is 4.27. The molecule has 3 nitrogen and oxygen atoms in total.